The molecule has 0 spiro atoms. The van der Waals surface area contributed by atoms with Gasteiger partial charge in [-0.3, -0.25) is 23.9 Å². The number of hydrogen-bond acceptors (Lipinski definition) is 8. The number of carbonyl (C=O) groups is 2. The first-order valence-electron chi connectivity index (χ1n) is 7.57. The number of H-pyrrole nitrogens is 1. The van der Waals surface area contributed by atoms with E-state index >= 15 is 0 Å². The van der Waals surface area contributed by atoms with Crippen molar-refractivity contribution in [1.29, 1.82) is 0 Å². The van der Waals surface area contributed by atoms with Gasteiger partial charge in [0.2, 0.25) is 0 Å². The average Bonchev–Trinajstić information content (AvgIpc) is 2.78. The summed E-state index contributed by atoms with van der Waals surface area (Å²) < 4.78 is 17.1. The molecular weight excluding hydrogens is 336 g/mol. The van der Waals surface area contributed by atoms with Crippen LogP contribution in [0.2, 0.25) is 0 Å². The Morgan fingerprint density at radius 2 is 2.04 bits per heavy atom. The minimum Gasteiger partial charge on any atom is -0.465 e. The Hall–Kier alpha value is -2.46. The van der Waals surface area contributed by atoms with E-state index < -0.39 is 53.6 Å². The highest BCUT2D eigenvalue weighted by Crippen LogP contribution is 2.45. The van der Waals surface area contributed by atoms with Crippen LogP contribution >= 0.6 is 0 Å². The number of hydrogen-bond donors (Lipinski definition) is 2. The number of rotatable bonds is 5. The number of aliphatic hydroxyl groups is 1. The van der Waals surface area contributed by atoms with Crippen molar-refractivity contribution in [1.82, 2.24) is 9.55 Å². The fraction of sp³-hybridized carbons (Fsp3) is 0.600. The Kier molecular flexibility index (Phi) is 5.43. The second kappa shape index (κ2) is 7.19. The van der Waals surface area contributed by atoms with Crippen LogP contribution in [0.1, 0.15) is 27.0 Å². The van der Waals surface area contributed by atoms with Crippen molar-refractivity contribution < 1.29 is 28.9 Å². The number of aliphatic hydroxyl groups excluding tert-OH is 1. The summed E-state index contributed by atoms with van der Waals surface area (Å²) in [6, 6.07) is 1.12. The lowest BCUT2D eigenvalue weighted by Crippen LogP contribution is -2.46. The van der Waals surface area contributed by atoms with Gasteiger partial charge in [0, 0.05) is 26.1 Å². The Morgan fingerprint density at radius 3 is 2.56 bits per heavy atom. The summed E-state index contributed by atoms with van der Waals surface area (Å²) >= 11 is 0. The lowest BCUT2D eigenvalue weighted by Gasteiger charge is -2.33. The summed E-state index contributed by atoms with van der Waals surface area (Å²) in [5, 5.41) is 9.65. The molecule has 138 valence electrons. The topological polar surface area (TPSA) is 137 Å². The van der Waals surface area contributed by atoms with Gasteiger partial charge < -0.3 is 19.3 Å². The molecule has 2 rings (SSSR count). The van der Waals surface area contributed by atoms with Gasteiger partial charge >= 0.3 is 17.6 Å². The van der Waals surface area contributed by atoms with Crippen molar-refractivity contribution in [3.05, 3.63) is 33.1 Å². The highest BCUT2D eigenvalue weighted by atomic mass is 16.6. The zero-order chi connectivity index (χ0) is 18.8. The Morgan fingerprint density at radius 1 is 1.36 bits per heavy atom. The van der Waals surface area contributed by atoms with Gasteiger partial charge in [-0.05, 0) is 6.92 Å². The first-order valence-corrected chi connectivity index (χ1v) is 7.57. The first-order chi connectivity index (χ1) is 11.7. The molecule has 4 atom stereocenters. The van der Waals surface area contributed by atoms with Crippen molar-refractivity contribution in [2.45, 2.75) is 39.2 Å². The van der Waals surface area contributed by atoms with E-state index in [9.17, 15) is 24.3 Å². The number of ether oxygens (including phenoxy) is 3. The van der Waals surface area contributed by atoms with Crippen molar-refractivity contribution in [3.8, 4) is 0 Å². The van der Waals surface area contributed by atoms with Crippen LogP contribution in [0.4, 0.5) is 0 Å². The van der Waals surface area contributed by atoms with E-state index in [4.69, 9.17) is 14.2 Å². The molecule has 0 saturated carbocycles. The average molecular weight is 356 g/mol. The van der Waals surface area contributed by atoms with Crippen molar-refractivity contribution in [2.24, 2.45) is 5.41 Å². The van der Waals surface area contributed by atoms with Crippen LogP contribution in [0, 0.1) is 5.41 Å². The fourth-order valence-electron chi connectivity index (χ4n) is 2.80. The van der Waals surface area contributed by atoms with Crippen LogP contribution in [-0.4, -0.2) is 52.0 Å². The molecule has 1 saturated heterocycles. The molecule has 0 amide bonds. The number of esters is 2. The molecule has 25 heavy (non-hydrogen) atoms. The van der Waals surface area contributed by atoms with E-state index in [0.29, 0.717) is 0 Å². The quantitative estimate of drug-likeness (QED) is 0.636. The highest BCUT2D eigenvalue weighted by molar-refractivity contribution is 5.66. The van der Waals surface area contributed by atoms with Gasteiger partial charge in [0.05, 0.1) is 18.1 Å². The lowest BCUT2D eigenvalue weighted by molar-refractivity contribution is -0.161. The second-order valence-corrected chi connectivity index (χ2v) is 6.03. The van der Waals surface area contributed by atoms with E-state index in [1.54, 1.807) is 6.92 Å². The molecule has 0 bridgehead atoms. The van der Waals surface area contributed by atoms with Crippen molar-refractivity contribution in [3.63, 3.8) is 0 Å². The molecule has 1 aromatic heterocycles. The second-order valence-electron chi connectivity index (χ2n) is 6.03. The molecule has 0 radical (unpaired) electrons. The monoisotopic (exact) mass is 356 g/mol. The SMILES string of the molecule is CC(=O)OC[C@]1(C)[C@@H](CO)O[C@@H](n2ccc(=O)[nH]c2=O)[C@@H]1OC(C)=O. The van der Waals surface area contributed by atoms with E-state index in [1.807, 2.05) is 0 Å². The molecule has 10 heteroatoms. The molecule has 1 aromatic rings. The first kappa shape index (κ1) is 18.9. The van der Waals surface area contributed by atoms with Gasteiger partial charge in [-0.15, -0.1) is 0 Å². The molecule has 2 heterocycles. The maximum absolute atomic E-state index is 12.1. The normalized spacial score (nSPS) is 28.6. The molecule has 1 aliphatic heterocycles. The molecular formula is C15H20N2O8. The summed E-state index contributed by atoms with van der Waals surface area (Å²) in [4.78, 5) is 48.1. The minimum absolute atomic E-state index is 0.194. The largest absolute Gasteiger partial charge is 0.465 e. The summed E-state index contributed by atoms with van der Waals surface area (Å²) in [6.45, 7) is 3.37. The summed E-state index contributed by atoms with van der Waals surface area (Å²) in [7, 11) is 0. The van der Waals surface area contributed by atoms with Gasteiger partial charge in [0.25, 0.3) is 5.56 Å². The van der Waals surface area contributed by atoms with Gasteiger partial charge in [-0.1, -0.05) is 0 Å². The lowest BCUT2D eigenvalue weighted by atomic mass is 9.81. The van der Waals surface area contributed by atoms with Crippen LogP contribution < -0.4 is 11.2 Å². The zero-order valence-electron chi connectivity index (χ0n) is 14.1. The zero-order valence-corrected chi connectivity index (χ0v) is 14.1. The van der Waals surface area contributed by atoms with Crippen LogP contribution in [0.3, 0.4) is 0 Å². The molecule has 0 unspecified atom stereocenters. The minimum atomic E-state index is -1.11. The number of aromatic amines is 1. The molecule has 1 fully saturated rings. The molecule has 2 N–H and O–H groups in total. The summed E-state index contributed by atoms with van der Waals surface area (Å²) in [6.07, 6.45) is -1.81. The third-order valence-electron chi connectivity index (χ3n) is 4.12. The molecule has 0 aliphatic carbocycles. The predicted octanol–water partition coefficient (Wildman–Crippen LogP) is -1.07. The summed E-state index contributed by atoms with van der Waals surface area (Å²) in [5.41, 5.74) is -2.46. The number of nitrogens with zero attached hydrogens (tertiary/aromatic N) is 1. The van der Waals surface area contributed by atoms with E-state index in [-0.39, 0.29) is 6.61 Å². The van der Waals surface area contributed by atoms with Crippen LogP contribution in [-0.2, 0) is 23.8 Å². The third-order valence-corrected chi connectivity index (χ3v) is 4.12. The van der Waals surface area contributed by atoms with E-state index in [2.05, 4.69) is 4.98 Å². The maximum Gasteiger partial charge on any atom is 0.330 e. The Balaban J connectivity index is 2.48. The van der Waals surface area contributed by atoms with Crippen molar-refractivity contribution in [2.75, 3.05) is 13.2 Å². The Bertz CT molecular complexity index is 769. The number of carbonyl (C=O) groups excluding carboxylic acids is 2. The highest BCUT2D eigenvalue weighted by Gasteiger charge is 2.57. The smallest absolute Gasteiger partial charge is 0.330 e. The molecule has 1 aliphatic rings. The molecule has 0 aromatic carbocycles. The number of aromatic nitrogens is 2. The Labute approximate surface area is 142 Å². The van der Waals surface area contributed by atoms with Gasteiger partial charge in [-0.2, -0.15) is 0 Å². The van der Waals surface area contributed by atoms with E-state index in [1.165, 1.54) is 20.0 Å². The van der Waals surface area contributed by atoms with Crippen LogP contribution in [0.25, 0.3) is 0 Å². The van der Waals surface area contributed by atoms with Crippen molar-refractivity contribution >= 4 is 11.9 Å². The van der Waals surface area contributed by atoms with Gasteiger partial charge in [-0.25, -0.2) is 4.79 Å². The standard InChI is InChI=1S/C15H20N2O8/c1-8(19)23-7-15(3)10(6-18)25-13(12(15)24-9(2)20)17-5-4-11(21)16-14(17)22/h4-5,10,12-13,18H,6-7H2,1-3H3,(H,16,21,22)/t10-,12+,13-,15-/m1/s1. The number of nitrogens with one attached hydrogen (secondary N) is 1. The van der Waals surface area contributed by atoms with Crippen LogP contribution in [0.15, 0.2) is 21.9 Å². The summed E-state index contributed by atoms with van der Waals surface area (Å²) in [5.74, 6) is -1.19. The van der Waals surface area contributed by atoms with Gasteiger partial charge in [0.15, 0.2) is 12.3 Å². The van der Waals surface area contributed by atoms with Gasteiger partial charge in [0.1, 0.15) is 6.61 Å². The van der Waals surface area contributed by atoms with E-state index in [0.717, 1.165) is 10.6 Å². The third kappa shape index (κ3) is 3.80. The maximum atomic E-state index is 12.1. The fourth-order valence-corrected chi connectivity index (χ4v) is 2.80. The molecule has 10 nitrogen and oxygen atoms in total. The predicted molar refractivity (Wildman–Crippen MR) is 82.6 cm³/mol. The van der Waals surface area contributed by atoms with Crippen LogP contribution in [0.5, 0.6) is 0 Å².